The lowest BCUT2D eigenvalue weighted by atomic mass is 9.83. The first-order valence-electron chi connectivity index (χ1n) is 12.8. The van der Waals surface area contributed by atoms with Crippen LogP contribution in [0.2, 0.25) is 0 Å². The molecule has 0 atom stereocenters. The van der Waals surface area contributed by atoms with E-state index in [4.69, 9.17) is 4.98 Å². The summed E-state index contributed by atoms with van der Waals surface area (Å²) in [7, 11) is 0. The van der Waals surface area contributed by atoms with Crippen LogP contribution in [0.25, 0.3) is 0 Å². The Bertz CT molecular complexity index is 1020. The Labute approximate surface area is 199 Å². The van der Waals surface area contributed by atoms with Crippen molar-refractivity contribution in [2.45, 2.75) is 65.5 Å². The van der Waals surface area contributed by atoms with Crippen LogP contribution < -0.4 is 9.80 Å². The average molecular weight is 444 g/mol. The van der Waals surface area contributed by atoms with Crippen LogP contribution in [0.15, 0.2) is 30.3 Å². The number of anilines is 2. The number of fused-ring (bicyclic) bond motifs is 1. The molecule has 0 bridgehead atoms. The number of pyridine rings is 1. The number of hydrogen-bond acceptors (Lipinski definition) is 5. The number of nitriles is 1. The molecule has 5 heteroatoms. The van der Waals surface area contributed by atoms with Gasteiger partial charge in [-0.25, -0.2) is 4.98 Å². The summed E-state index contributed by atoms with van der Waals surface area (Å²) in [4.78, 5) is 12.8. The summed E-state index contributed by atoms with van der Waals surface area (Å²) in [5, 5.41) is 10.2. The highest BCUT2D eigenvalue weighted by atomic mass is 15.3. The minimum absolute atomic E-state index is 0.296. The van der Waals surface area contributed by atoms with Gasteiger partial charge in [-0.3, -0.25) is 4.90 Å². The molecule has 174 valence electrons. The molecule has 5 nitrogen and oxygen atoms in total. The zero-order valence-corrected chi connectivity index (χ0v) is 20.3. The molecule has 0 amide bonds. The van der Waals surface area contributed by atoms with Gasteiger partial charge in [0.05, 0.1) is 5.56 Å². The molecule has 33 heavy (non-hydrogen) atoms. The molecule has 3 aliphatic heterocycles. The zero-order chi connectivity index (χ0) is 22.8. The Hall–Kier alpha value is -2.58. The molecular formula is C28H37N5. The highest BCUT2D eigenvalue weighted by Crippen LogP contribution is 2.39. The smallest absolute Gasteiger partial charge is 0.149 e. The number of benzene rings is 1. The minimum Gasteiger partial charge on any atom is -0.356 e. The maximum absolute atomic E-state index is 10.2. The van der Waals surface area contributed by atoms with Crippen molar-refractivity contribution in [3.8, 4) is 6.07 Å². The highest BCUT2D eigenvalue weighted by molar-refractivity contribution is 5.68. The largest absolute Gasteiger partial charge is 0.356 e. The molecule has 1 aromatic heterocycles. The summed E-state index contributed by atoms with van der Waals surface area (Å²) >= 11 is 0. The summed E-state index contributed by atoms with van der Waals surface area (Å²) in [5.41, 5.74) is 5.04. The summed E-state index contributed by atoms with van der Waals surface area (Å²) in [6.07, 6.45) is 7.07. The van der Waals surface area contributed by atoms with E-state index in [2.05, 4.69) is 64.9 Å². The van der Waals surface area contributed by atoms with Crippen LogP contribution in [0.1, 0.15) is 68.2 Å². The molecule has 2 saturated heterocycles. The molecule has 2 aromatic rings. The lowest BCUT2D eigenvalue weighted by molar-refractivity contribution is 0.243. The van der Waals surface area contributed by atoms with Gasteiger partial charge in [-0.1, -0.05) is 44.2 Å². The van der Waals surface area contributed by atoms with E-state index in [-0.39, 0.29) is 0 Å². The van der Waals surface area contributed by atoms with Crippen LogP contribution in [-0.4, -0.2) is 42.6 Å². The van der Waals surface area contributed by atoms with Crippen molar-refractivity contribution in [3.63, 3.8) is 0 Å². The minimum atomic E-state index is 0.296. The van der Waals surface area contributed by atoms with E-state index in [1.165, 1.54) is 48.8 Å². The van der Waals surface area contributed by atoms with Crippen molar-refractivity contribution in [2.24, 2.45) is 5.41 Å². The molecule has 0 radical (unpaired) electrons. The Morgan fingerprint density at radius 1 is 0.909 bits per heavy atom. The monoisotopic (exact) mass is 443 g/mol. The Morgan fingerprint density at radius 3 is 2.39 bits per heavy atom. The van der Waals surface area contributed by atoms with Crippen molar-refractivity contribution in [3.05, 3.63) is 52.6 Å². The predicted molar refractivity (Wildman–Crippen MR) is 135 cm³/mol. The highest BCUT2D eigenvalue weighted by Gasteiger charge is 2.33. The zero-order valence-electron chi connectivity index (χ0n) is 20.3. The Kier molecular flexibility index (Phi) is 6.29. The molecular weight excluding hydrogens is 406 g/mol. The van der Waals surface area contributed by atoms with E-state index < -0.39 is 0 Å². The molecule has 2 fully saturated rings. The molecule has 0 spiro atoms. The van der Waals surface area contributed by atoms with Gasteiger partial charge in [0.1, 0.15) is 17.7 Å². The van der Waals surface area contributed by atoms with Gasteiger partial charge in [-0.05, 0) is 55.1 Å². The fourth-order valence-corrected chi connectivity index (χ4v) is 5.95. The lowest BCUT2D eigenvalue weighted by Crippen LogP contribution is -2.43. The number of rotatable bonds is 4. The quantitative estimate of drug-likeness (QED) is 0.656. The van der Waals surface area contributed by atoms with Crippen LogP contribution in [0.4, 0.5) is 11.6 Å². The van der Waals surface area contributed by atoms with E-state index in [1.807, 2.05) is 0 Å². The molecule has 3 aliphatic rings. The van der Waals surface area contributed by atoms with Gasteiger partial charge >= 0.3 is 0 Å². The molecule has 5 rings (SSSR count). The van der Waals surface area contributed by atoms with Crippen LogP contribution in [0.5, 0.6) is 0 Å². The molecule has 0 aliphatic carbocycles. The Balaban J connectivity index is 1.55. The fourth-order valence-electron chi connectivity index (χ4n) is 5.95. The molecule has 0 saturated carbocycles. The third-order valence-corrected chi connectivity index (χ3v) is 7.65. The fraction of sp³-hybridized carbons (Fsp3) is 0.571. The standard InChI is InChI=1S/C28H37N5/c1-28(2)13-9-16-33(21-28)27-25-20-31(19-22-10-5-3-6-11-22)17-12-23(25)24(18-29)26(30-27)32-14-7-4-8-15-32/h3,5-6,10-11H,4,7-9,12-17,19-21H2,1-2H3. The van der Waals surface area contributed by atoms with Crippen LogP contribution in [-0.2, 0) is 19.5 Å². The van der Waals surface area contributed by atoms with Crippen molar-refractivity contribution >= 4 is 11.6 Å². The van der Waals surface area contributed by atoms with E-state index in [0.717, 1.165) is 69.4 Å². The second kappa shape index (κ2) is 9.35. The van der Waals surface area contributed by atoms with Crippen LogP contribution >= 0.6 is 0 Å². The molecule has 0 unspecified atom stereocenters. The number of aromatic nitrogens is 1. The van der Waals surface area contributed by atoms with Crippen molar-refractivity contribution in [1.29, 1.82) is 5.26 Å². The van der Waals surface area contributed by atoms with Gasteiger partial charge in [0.25, 0.3) is 0 Å². The number of hydrogen-bond donors (Lipinski definition) is 0. The SMILES string of the molecule is CC1(C)CCCN(c2nc(N3CCCCC3)c(C#N)c3c2CN(Cc2ccccc2)CC3)C1. The first-order valence-corrected chi connectivity index (χ1v) is 12.8. The maximum Gasteiger partial charge on any atom is 0.149 e. The average Bonchev–Trinajstić information content (AvgIpc) is 2.83. The predicted octanol–water partition coefficient (Wildman–Crippen LogP) is 5.13. The van der Waals surface area contributed by atoms with Gasteiger partial charge in [0.2, 0.25) is 0 Å². The normalized spacial score (nSPS) is 20.9. The van der Waals surface area contributed by atoms with Gasteiger partial charge in [0, 0.05) is 51.4 Å². The van der Waals surface area contributed by atoms with E-state index in [1.54, 1.807) is 0 Å². The molecule has 0 N–H and O–H groups in total. The van der Waals surface area contributed by atoms with Gasteiger partial charge < -0.3 is 9.80 Å². The van der Waals surface area contributed by atoms with Crippen molar-refractivity contribution in [2.75, 3.05) is 42.5 Å². The summed E-state index contributed by atoms with van der Waals surface area (Å²) < 4.78 is 0. The maximum atomic E-state index is 10.2. The first kappa shape index (κ1) is 22.2. The lowest BCUT2D eigenvalue weighted by Gasteiger charge is -2.42. The van der Waals surface area contributed by atoms with Crippen LogP contribution in [0.3, 0.4) is 0 Å². The first-order chi connectivity index (χ1) is 16.0. The van der Waals surface area contributed by atoms with Crippen LogP contribution in [0, 0.1) is 16.7 Å². The number of piperidine rings is 2. The molecule has 1 aromatic carbocycles. The van der Waals surface area contributed by atoms with Gasteiger partial charge in [-0.15, -0.1) is 0 Å². The summed E-state index contributed by atoms with van der Waals surface area (Å²) in [6, 6.07) is 13.3. The second-order valence-electron chi connectivity index (χ2n) is 10.9. The summed E-state index contributed by atoms with van der Waals surface area (Å²) in [6.45, 7) is 11.7. The third-order valence-electron chi connectivity index (χ3n) is 7.65. The number of nitrogens with zero attached hydrogens (tertiary/aromatic N) is 5. The van der Waals surface area contributed by atoms with Crippen molar-refractivity contribution < 1.29 is 0 Å². The van der Waals surface area contributed by atoms with E-state index in [0.29, 0.717) is 5.41 Å². The Morgan fingerprint density at radius 2 is 1.67 bits per heavy atom. The topological polar surface area (TPSA) is 46.4 Å². The van der Waals surface area contributed by atoms with E-state index in [9.17, 15) is 5.26 Å². The van der Waals surface area contributed by atoms with Gasteiger partial charge in [0.15, 0.2) is 0 Å². The molecule has 4 heterocycles. The van der Waals surface area contributed by atoms with Gasteiger partial charge in [-0.2, -0.15) is 5.26 Å². The summed E-state index contributed by atoms with van der Waals surface area (Å²) in [5.74, 6) is 2.10. The second-order valence-corrected chi connectivity index (χ2v) is 10.9. The third kappa shape index (κ3) is 4.73. The van der Waals surface area contributed by atoms with E-state index >= 15 is 0 Å². The van der Waals surface area contributed by atoms with Crippen molar-refractivity contribution in [1.82, 2.24) is 9.88 Å².